The van der Waals surface area contributed by atoms with E-state index in [-0.39, 0.29) is 12.2 Å². The third-order valence-corrected chi connectivity index (χ3v) is 5.87. The molecule has 11 heteroatoms. The number of anilines is 1. The third-order valence-electron chi connectivity index (χ3n) is 5.87. The van der Waals surface area contributed by atoms with Crippen LogP contribution >= 0.6 is 0 Å². The normalized spacial score (nSPS) is 29.2. The Morgan fingerprint density at radius 1 is 1.38 bits per heavy atom. The van der Waals surface area contributed by atoms with Crippen LogP contribution in [-0.2, 0) is 24.5 Å². The topological polar surface area (TPSA) is 136 Å². The highest BCUT2D eigenvalue weighted by molar-refractivity contribution is 6.23. The first kappa shape index (κ1) is 23.6. The van der Waals surface area contributed by atoms with Gasteiger partial charge in [0.2, 0.25) is 6.04 Å². The largest absolute Gasteiger partial charge is 0.466 e. The van der Waals surface area contributed by atoms with Crippen molar-refractivity contribution < 1.29 is 38.3 Å². The van der Waals surface area contributed by atoms with Gasteiger partial charge in [0.1, 0.15) is 22.8 Å². The summed E-state index contributed by atoms with van der Waals surface area (Å²) in [5, 5.41) is 23.2. The van der Waals surface area contributed by atoms with Crippen LogP contribution in [0, 0.1) is 21.8 Å². The highest BCUT2D eigenvalue weighted by Gasteiger charge is 2.77. The monoisotopic (exact) mass is 452 g/mol. The molecule has 2 aliphatic rings. The van der Waals surface area contributed by atoms with E-state index in [0.717, 1.165) is 13.0 Å². The molecule has 1 saturated carbocycles. The molecule has 1 aliphatic heterocycles. The van der Waals surface area contributed by atoms with Crippen molar-refractivity contribution in [1.82, 2.24) is 0 Å². The summed E-state index contributed by atoms with van der Waals surface area (Å²) < 4.78 is 25.3. The fourth-order valence-corrected chi connectivity index (χ4v) is 4.83. The number of benzene rings is 1. The van der Waals surface area contributed by atoms with Crippen molar-refractivity contribution in [3.63, 3.8) is 0 Å². The van der Waals surface area contributed by atoms with Crippen LogP contribution < -0.4 is 4.90 Å². The molecule has 174 valence electrons. The van der Waals surface area contributed by atoms with Gasteiger partial charge in [-0.25, -0.2) is 14.1 Å². The van der Waals surface area contributed by atoms with Gasteiger partial charge in [-0.15, -0.1) is 0 Å². The third kappa shape index (κ3) is 3.22. The lowest BCUT2D eigenvalue weighted by Crippen LogP contribution is -2.59. The van der Waals surface area contributed by atoms with Gasteiger partial charge in [0.15, 0.2) is 0 Å². The Hall–Kier alpha value is -3.08. The predicted molar refractivity (Wildman–Crippen MR) is 108 cm³/mol. The summed E-state index contributed by atoms with van der Waals surface area (Å²) in [6.07, 6.45) is -1.82. The number of carbonyl (C=O) groups excluding carboxylic acids is 3. The van der Waals surface area contributed by atoms with Crippen LogP contribution in [0.5, 0.6) is 0 Å². The Balaban J connectivity index is 2.34. The molecule has 32 heavy (non-hydrogen) atoms. The van der Waals surface area contributed by atoms with Gasteiger partial charge in [0.25, 0.3) is 5.91 Å². The summed E-state index contributed by atoms with van der Waals surface area (Å²) in [4.78, 5) is 51.2. The summed E-state index contributed by atoms with van der Waals surface area (Å²) in [6.45, 7) is 7.12. The number of fused-ring (bicyclic) bond motifs is 2. The first-order chi connectivity index (χ1) is 14.7. The number of rotatable bonds is 3. The molecule has 0 radical (unpaired) electrons. The van der Waals surface area contributed by atoms with Gasteiger partial charge in [0.05, 0.1) is 17.9 Å². The summed E-state index contributed by atoms with van der Waals surface area (Å²) in [6, 6.07) is 1.79. The molecule has 4 atom stereocenters. The SMILES string of the molecule is CCOC(=O)[C@@H]1[C@@H]([N+](=O)[O-])C[C@@](C)(O)[C@]12C(=O)N(C(=O)OC(C)(C)C)c1c(F)cccc12. The number of carbonyl (C=O) groups is 3. The highest BCUT2D eigenvalue weighted by Crippen LogP contribution is 2.60. The molecule has 1 spiro atoms. The van der Waals surface area contributed by atoms with Gasteiger partial charge >= 0.3 is 12.1 Å². The van der Waals surface area contributed by atoms with Crippen LogP contribution in [0.3, 0.4) is 0 Å². The molecule has 10 nitrogen and oxygen atoms in total. The first-order valence-electron chi connectivity index (χ1n) is 10.1. The van der Waals surface area contributed by atoms with Crippen LogP contribution in [0.2, 0.25) is 0 Å². The van der Waals surface area contributed by atoms with Gasteiger partial charge in [-0.2, -0.15) is 0 Å². The van der Waals surface area contributed by atoms with Gasteiger partial charge < -0.3 is 14.6 Å². The van der Waals surface area contributed by atoms with E-state index in [1.54, 1.807) is 20.8 Å². The fourth-order valence-electron chi connectivity index (χ4n) is 4.83. The second kappa shape index (κ2) is 7.51. The van der Waals surface area contributed by atoms with Crippen molar-refractivity contribution >= 4 is 23.7 Å². The summed E-state index contributed by atoms with van der Waals surface area (Å²) >= 11 is 0. The molecule has 0 bridgehead atoms. The van der Waals surface area contributed by atoms with Crippen molar-refractivity contribution in [2.75, 3.05) is 11.5 Å². The Kier molecular flexibility index (Phi) is 5.53. The Morgan fingerprint density at radius 3 is 2.53 bits per heavy atom. The lowest BCUT2D eigenvalue weighted by atomic mass is 9.65. The lowest BCUT2D eigenvalue weighted by molar-refractivity contribution is -0.528. The maximum absolute atomic E-state index is 15.0. The van der Waals surface area contributed by atoms with E-state index in [1.165, 1.54) is 19.1 Å². The highest BCUT2D eigenvalue weighted by atomic mass is 19.1. The molecule has 1 aromatic rings. The molecule has 1 N–H and O–H groups in total. The molecule has 0 aromatic heterocycles. The number of ether oxygens (including phenoxy) is 2. The molecule has 0 unspecified atom stereocenters. The molecule has 1 fully saturated rings. The number of aliphatic hydroxyl groups is 1. The zero-order chi connectivity index (χ0) is 24.2. The smallest absolute Gasteiger partial charge is 0.421 e. The van der Waals surface area contributed by atoms with Crippen LogP contribution in [-0.4, -0.2) is 51.9 Å². The van der Waals surface area contributed by atoms with E-state index in [4.69, 9.17) is 9.47 Å². The number of esters is 1. The number of amides is 2. The maximum atomic E-state index is 15.0. The Morgan fingerprint density at radius 2 is 2.00 bits per heavy atom. The van der Waals surface area contributed by atoms with E-state index in [1.807, 2.05) is 0 Å². The predicted octanol–water partition coefficient (Wildman–Crippen LogP) is 2.32. The zero-order valence-electron chi connectivity index (χ0n) is 18.4. The summed E-state index contributed by atoms with van der Waals surface area (Å²) in [5.41, 5.74) is -6.28. The second-order valence-electron chi connectivity index (χ2n) is 9.13. The molecule has 2 amide bonds. The fraction of sp³-hybridized carbons (Fsp3) is 0.571. The molecule has 1 aliphatic carbocycles. The van der Waals surface area contributed by atoms with Crippen molar-refractivity contribution in [3.8, 4) is 0 Å². The minimum Gasteiger partial charge on any atom is -0.466 e. The van der Waals surface area contributed by atoms with Gasteiger partial charge in [-0.3, -0.25) is 19.7 Å². The van der Waals surface area contributed by atoms with Crippen molar-refractivity contribution in [3.05, 3.63) is 39.7 Å². The lowest BCUT2D eigenvalue weighted by Gasteiger charge is -2.37. The zero-order valence-corrected chi connectivity index (χ0v) is 18.4. The van der Waals surface area contributed by atoms with E-state index in [0.29, 0.717) is 4.90 Å². The number of nitrogens with zero attached hydrogens (tertiary/aromatic N) is 2. The standard InChI is InChI=1S/C21H25FN2O8/c1-6-31-16(25)14-13(24(29)30)10-20(5,28)21(14)11-8-7-9-12(22)15(11)23(17(21)26)18(27)32-19(2,3)4/h7-9,13-14,28H,6,10H2,1-5H3/t13-,14-,20+,21-/m0/s1. The van der Waals surface area contributed by atoms with Gasteiger partial charge in [-0.1, -0.05) is 12.1 Å². The average molecular weight is 452 g/mol. The second-order valence-corrected chi connectivity index (χ2v) is 9.13. The molecule has 1 heterocycles. The van der Waals surface area contributed by atoms with Crippen LogP contribution in [0.1, 0.15) is 46.6 Å². The van der Waals surface area contributed by atoms with E-state index >= 15 is 0 Å². The molecular formula is C21H25FN2O8. The number of hydrogen-bond donors (Lipinski definition) is 1. The Bertz CT molecular complexity index is 1000. The van der Waals surface area contributed by atoms with E-state index < -0.39 is 69.4 Å². The number of halogens is 1. The van der Waals surface area contributed by atoms with Gasteiger partial charge in [0, 0.05) is 11.3 Å². The minimum absolute atomic E-state index is 0.141. The number of hydrogen-bond acceptors (Lipinski definition) is 8. The van der Waals surface area contributed by atoms with Crippen molar-refractivity contribution in [1.29, 1.82) is 0 Å². The van der Waals surface area contributed by atoms with Crippen LogP contribution in [0.25, 0.3) is 0 Å². The number of para-hydroxylation sites is 1. The maximum Gasteiger partial charge on any atom is 0.421 e. The molecule has 0 saturated heterocycles. The quantitative estimate of drug-likeness (QED) is 0.419. The van der Waals surface area contributed by atoms with E-state index in [2.05, 4.69) is 0 Å². The van der Waals surface area contributed by atoms with Crippen molar-refractivity contribution in [2.45, 2.75) is 63.7 Å². The van der Waals surface area contributed by atoms with Crippen molar-refractivity contribution in [2.24, 2.45) is 5.92 Å². The molecular weight excluding hydrogens is 427 g/mol. The number of imide groups is 1. The van der Waals surface area contributed by atoms with Crippen LogP contribution in [0.15, 0.2) is 18.2 Å². The average Bonchev–Trinajstić information content (AvgIpc) is 3.06. The van der Waals surface area contributed by atoms with Crippen LogP contribution in [0.4, 0.5) is 14.9 Å². The summed E-state index contributed by atoms with van der Waals surface area (Å²) in [5.74, 6) is -5.06. The first-order valence-corrected chi connectivity index (χ1v) is 10.1. The summed E-state index contributed by atoms with van der Waals surface area (Å²) in [7, 11) is 0. The van der Waals surface area contributed by atoms with Gasteiger partial charge in [-0.05, 0) is 46.2 Å². The molecule has 3 rings (SSSR count). The van der Waals surface area contributed by atoms with E-state index in [9.17, 15) is 34.0 Å². The molecule has 1 aromatic carbocycles. The Labute approximate surface area is 183 Å². The number of nitro groups is 1. The minimum atomic E-state index is -2.33.